The number of thiocarbonyl (C=S) groups is 1. The van der Waals surface area contributed by atoms with Crippen molar-refractivity contribution in [2.45, 2.75) is 0 Å². The molecule has 0 saturated carbocycles. The number of rotatable bonds is 3. The van der Waals surface area contributed by atoms with Crippen molar-refractivity contribution in [3.8, 4) is 5.75 Å². The lowest BCUT2D eigenvalue weighted by Crippen LogP contribution is -2.24. The quantitative estimate of drug-likeness (QED) is 0.381. The van der Waals surface area contributed by atoms with Crippen LogP contribution in [0.15, 0.2) is 46.0 Å². The Morgan fingerprint density at radius 1 is 1.23 bits per heavy atom. The number of anilines is 1. The van der Waals surface area contributed by atoms with Gasteiger partial charge < -0.3 is 10.4 Å². The van der Waals surface area contributed by atoms with E-state index in [1.807, 2.05) is 0 Å². The molecule has 114 valence electrons. The second kappa shape index (κ2) is 7.78. The smallest absolute Gasteiger partial charge is 0.191 e. The van der Waals surface area contributed by atoms with E-state index in [0.29, 0.717) is 21.3 Å². The van der Waals surface area contributed by atoms with Gasteiger partial charge in [-0.3, -0.25) is 5.43 Å². The van der Waals surface area contributed by atoms with Crippen LogP contribution in [0.5, 0.6) is 5.75 Å². The first kappa shape index (κ1) is 17.0. The summed E-state index contributed by atoms with van der Waals surface area (Å²) in [6.07, 6.45) is 1.46. The van der Waals surface area contributed by atoms with Crippen LogP contribution >= 0.6 is 51.3 Å². The minimum atomic E-state index is 0.119. The minimum absolute atomic E-state index is 0.119. The molecule has 0 saturated heterocycles. The summed E-state index contributed by atoms with van der Waals surface area (Å²) in [5.41, 5.74) is 3.80. The number of phenols is 1. The summed E-state index contributed by atoms with van der Waals surface area (Å²) in [5, 5.41) is 17.8. The molecule has 0 aliphatic rings. The molecule has 4 nitrogen and oxygen atoms in total. The Balaban J connectivity index is 1.98. The molecule has 0 unspecified atom stereocenters. The zero-order chi connectivity index (χ0) is 16.1. The zero-order valence-corrected chi connectivity index (χ0v) is 14.9. The molecule has 3 N–H and O–H groups in total. The van der Waals surface area contributed by atoms with Crippen LogP contribution in [0.25, 0.3) is 0 Å². The van der Waals surface area contributed by atoms with E-state index in [1.165, 1.54) is 6.21 Å². The van der Waals surface area contributed by atoms with Gasteiger partial charge in [0.05, 0.1) is 16.9 Å². The lowest BCUT2D eigenvalue weighted by Gasteiger charge is -2.09. The fraction of sp³-hybridized carbons (Fsp3) is 0. The number of hydrazone groups is 1. The van der Waals surface area contributed by atoms with Crippen LogP contribution in [-0.2, 0) is 0 Å². The largest absolute Gasteiger partial charge is 0.507 e. The van der Waals surface area contributed by atoms with Gasteiger partial charge >= 0.3 is 0 Å². The number of nitrogens with one attached hydrogen (secondary N) is 2. The zero-order valence-electron chi connectivity index (χ0n) is 11.0. The van der Waals surface area contributed by atoms with Gasteiger partial charge in [0, 0.05) is 15.1 Å². The SMILES string of the molecule is Oc1ccc(Br)cc1C=NNC(=S)Nc1ccc(Cl)cc1Cl. The van der Waals surface area contributed by atoms with E-state index in [-0.39, 0.29) is 10.9 Å². The summed E-state index contributed by atoms with van der Waals surface area (Å²) in [5.74, 6) is 0.119. The number of benzene rings is 2. The molecule has 0 radical (unpaired) electrons. The van der Waals surface area contributed by atoms with Gasteiger partial charge in [-0.25, -0.2) is 0 Å². The molecular weight excluding hydrogens is 409 g/mol. The van der Waals surface area contributed by atoms with Crippen molar-refractivity contribution < 1.29 is 5.11 Å². The maximum absolute atomic E-state index is 9.68. The average molecular weight is 419 g/mol. The second-order valence-corrected chi connectivity index (χ2v) is 6.32. The Morgan fingerprint density at radius 3 is 2.73 bits per heavy atom. The molecule has 2 aromatic carbocycles. The molecule has 0 aliphatic carbocycles. The van der Waals surface area contributed by atoms with Crippen LogP contribution in [0.2, 0.25) is 10.0 Å². The van der Waals surface area contributed by atoms with Crippen molar-refractivity contribution in [3.63, 3.8) is 0 Å². The summed E-state index contributed by atoms with van der Waals surface area (Å²) in [6, 6.07) is 10.0. The lowest BCUT2D eigenvalue weighted by molar-refractivity contribution is 0.474. The highest BCUT2D eigenvalue weighted by Gasteiger charge is 2.03. The maximum atomic E-state index is 9.68. The Kier molecular flexibility index (Phi) is 6.02. The first-order valence-electron chi connectivity index (χ1n) is 5.99. The maximum Gasteiger partial charge on any atom is 0.191 e. The van der Waals surface area contributed by atoms with E-state index in [4.69, 9.17) is 35.4 Å². The molecule has 0 atom stereocenters. The monoisotopic (exact) mass is 417 g/mol. The molecule has 2 rings (SSSR count). The van der Waals surface area contributed by atoms with Crippen LogP contribution in [0.1, 0.15) is 5.56 Å². The Morgan fingerprint density at radius 2 is 2.00 bits per heavy atom. The van der Waals surface area contributed by atoms with Crippen molar-refractivity contribution in [2.75, 3.05) is 5.32 Å². The number of hydrogen-bond donors (Lipinski definition) is 3. The number of halogens is 3. The molecule has 0 heterocycles. The summed E-state index contributed by atoms with van der Waals surface area (Å²) in [4.78, 5) is 0. The predicted molar refractivity (Wildman–Crippen MR) is 99.2 cm³/mol. The van der Waals surface area contributed by atoms with Gasteiger partial charge in [0.2, 0.25) is 0 Å². The lowest BCUT2D eigenvalue weighted by atomic mass is 10.2. The van der Waals surface area contributed by atoms with E-state index in [1.54, 1.807) is 36.4 Å². The third-order valence-corrected chi connectivity index (χ3v) is 3.77. The fourth-order valence-electron chi connectivity index (χ4n) is 1.53. The highest BCUT2D eigenvalue weighted by Crippen LogP contribution is 2.25. The molecule has 0 amide bonds. The van der Waals surface area contributed by atoms with Crippen LogP contribution in [0.3, 0.4) is 0 Å². The fourth-order valence-corrected chi connectivity index (χ4v) is 2.53. The number of phenolic OH excluding ortho intramolecular Hbond substituents is 1. The molecule has 0 bridgehead atoms. The van der Waals surface area contributed by atoms with Gasteiger partial charge in [0.25, 0.3) is 0 Å². The summed E-state index contributed by atoms with van der Waals surface area (Å²) >= 11 is 20.3. The molecule has 0 aliphatic heterocycles. The van der Waals surface area contributed by atoms with Crippen LogP contribution < -0.4 is 10.7 Å². The topological polar surface area (TPSA) is 56.7 Å². The third kappa shape index (κ3) is 4.84. The normalized spacial score (nSPS) is 10.7. The van der Waals surface area contributed by atoms with Gasteiger partial charge in [-0.2, -0.15) is 5.10 Å². The molecule has 2 aromatic rings. The first-order chi connectivity index (χ1) is 10.5. The summed E-state index contributed by atoms with van der Waals surface area (Å²) < 4.78 is 0.834. The van der Waals surface area contributed by atoms with Crippen LogP contribution in [-0.4, -0.2) is 16.4 Å². The molecule has 8 heteroatoms. The van der Waals surface area contributed by atoms with Gasteiger partial charge in [-0.05, 0) is 48.6 Å². The van der Waals surface area contributed by atoms with Gasteiger partial charge in [0.1, 0.15) is 5.75 Å². The van der Waals surface area contributed by atoms with Crippen molar-refractivity contribution in [2.24, 2.45) is 5.10 Å². The van der Waals surface area contributed by atoms with Crippen molar-refractivity contribution in [1.29, 1.82) is 0 Å². The molecule has 0 aromatic heterocycles. The third-order valence-electron chi connectivity index (χ3n) is 2.54. The average Bonchev–Trinajstić information content (AvgIpc) is 2.46. The molecule has 22 heavy (non-hydrogen) atoms. The molecular formula is C14H10BrCl2N3OS. The van der Waals surface area contributed by atoms with E-state index in [9.17, 15) is 5.11 Å². The van der Waals surface area contributed by atoms with Crippen molar-refractivity contribution in [1.82, 2.24) is 5.43 Å². The van der Waals surface area contributed by atoms with Gasteiger partial charge in [0.15, 0.2) is 5.11 Å². The number of nitrogens with zero attached hydrogens (tertiary/aromatic N) is 1. The van der Waals surface area contributed by atoms with E-state index >= 15 is 0 Å². The van der Waals surface area contributed by atoms with Crippen LogP contribution in [0.4, 0.5) is 5.69 Å². The van der Waals surface area contributed by atoms with Crippen molar-refractivity contribution >= 4 is 68.4 Å². The predicted octanol–water partition coefficient (Wildman–Crippen LogP) is 4.78. The Hall–Kier alpha value is -1.34. The van der Waals surface area contributed by atoms with Gasteiger partial charge in [-0.1, -0.05) is 39.1 Å². The van der Waals surface area contributed by atoms with E-state index < -0.39 is 0 Å². The number of aromatic hydroxyl groups is 1. The van der Waals surface area contributed by atoms with E-state index in [0.717, 1.165) is 4.47 Å². The van der Waals surface area contributed by atoms with Crippen molar-refractivity contribution in [3.05, 3.63) is 56.5 Å². The Labute approximate surface area is 151 Å². The standard InChI is InChI=1S/C14H10BrCl2N3OS/c15-9-1-4-13(21)8(5-9)7-18-20-14(22)19-12-3-2-10(16)6-11(12)17/h1-7,21H,(H2,19,20,22). The first-order valence-corrected chi connectivity index (χ1v) is 7.95. The van der Waals surface area contributed by atoms with Gasteiger partial charge in [-0.15, -0.1) is 0 Å². The molecule has 0 spiro atoms. The molecule has 0 fully saturated rings. The Bertz CT molecular complexity index is 740. The highest BCUT2D eigenvalue weighted by molar-refractivity contribution is 9.10. The highest BCUT2D eigenvalue weighted by atomic mass is 79.9. The second-order valence-electron chi connectivity index (χ2n) is 4.15. The summed E-state index contributed by atoms with van der Waals surface area (Å²) in [6.45, 7) is 0. The summed E-state index contributed by atoms with van der Waals surface area (Å²) in [7, 11) is 0. The van der Waals surface area contributed by atoms with E-state index in [2.05, 4.69) is 31.8 Å². The number of hydrogen-bond acceptors (Lipinski definition) is 3. The minimum Gasteiger partial charge on any atom is -0.507 e. The van der Waals surface area contributed by atoms with Crippen LogP contribution in [0, 0.1) is 0 Å².